The number of hydrogen-bond donors (Lipinski definition) is 2. The van der Waals surface area contributed by atoms with Gasteiger partial charge in [-0.05, 0) is 37.5 Å². The van der Waals surface area contributed by atoms with E-state index in [0.717, 1.165) is 11.1 Å². The minimum absolute atomic E-state index is 0.0430. The Labute approximate surface area is 189 Å². The molecule has 10 heteroatoms. The Hall–Kier alpha value is -3.87. The zero-order valence-electron chi connectivity index (χ0n) is 18.1. The quantitative estimate of drug-likeness (QED) is 0.538. The molecule has 0 aliphatic heterocycles. The fraction of sp³-hybridized carbons (Fsp3) is 0.348. The molecule has 0 radical (unpaired) electrons. The van der Waals surface area contributed by atoms with Gasteiger partial charge in [-0.1, -0.05) is 12.1 Å². The molecule has 0 saturated heterocycles. The van der Waals surface area contributed by atoms with Gasteiger partial charge in [0.1, 0.15) is 6.54 Å². The number of halogens is 2. The third-order valence-corrected chi connectivity index (χ3v) is 5.64. The smallest absolute Gasteiger partial charge is 0.252 e. The summed E-state index contributed by atoms with van der Waals surface area (Å²) >= 11 is 0. The van der Waals surface area contributed by atoms with Crippen LogP contribution in [0.25, 0.3) is 11.3 Å². The Morgan fingerprint density at radius 3 is 2.67 bits per heavy atom. The summed E-state index contributed by atoms with van der Waals surface area (Å²) in [6.07, 6.45) is 5.66. The molecular formula is C23H23F2N7O. The van der Waals surface area contributed by atoms with Crippen LogP contribution in [0.4, 0.5) is 20.4 Å². The van der Waals surface area contributed by atoms with Crippen LogP contribution < -0.4 is 10.6 Å². The van der Waals surface area contributed by atoms with Gasteiger partial charge in [0.05, 0.1) is 29.7 Å². The van der Waals surface area contributed by atoms with E-state index in [1.807, 2.05) is 13.0 Å². The second-order valence-electron chi connectivity index (χ2n) is 8.06. The van der Waals surface area contributed by atoms with Crippen molar-refractivity contribution in [3.05, 3.63) is 54.0 Å². The number of carbonyl (C=O) groups excluding carboxylic acids is 1. The second kappa shape index (κ2) is 9.32. The van der Waals surface area contributed by atoms with E-state index in [2.05, 4.69) is 25.7 Å². The topological polar surface area (TPSA) is 109 Å². The zero-order valence-corrected chi connectivity index (χ0v) is 18.1. The molecule has 1 aliphatic rings. The number of aromatic nitrogens is 4. The largest absolute Gasteiger partial charge is 0.339 e. The van der Waals surface area contributed by atoms with E-state index in [0.29, 0.717) is 35.7 Å². The summed E-state index contributed by atoms with van der Waals surface area (Å²) in [5.41, 5.74) is 3.51. The number of carbonyl (C=O) groups is 1. The molecular weight excluding hydrogens is 428 g/mol. The van der Waals surface area contributed by atoms with Crippen LogP contribution in [0.3, 0.4) is 0 Å². The molecule has 2 aromatic heterocycles. The Kier molecular flexibility index (Phi) is 6.31. The van der Waals surface area contributed by atoms with Crippen molar-refractivity contribution < 1.29 is 13.6 Å². The highest BCUT2D eigenvalue weighted by Crippen LogP contribution is 2.38. The first kappa shape index (κ1) is 22.3. The average Bonchev–Trinajstić information content (AvgIpc) is 3.27. The molecule has 1 saturated carbocycles. The van der Waals surface area contributed by atoms with Crippen molar-refractivity contribution in [3.8, 4) is 17.3 Å². The summed E-state index contributed by atoms with van der Waals surface area (Å²) in [6, 6.07) is 8.76. The standard InChI is InChI=1S/C23H23F2N7O/c1-15-12-28-22(30-18-13-29-32(14-18)19-6-8-23(24,25)9-7-19)31-20(15)16-2-4-17(5-3-16)21(33)27-11-10-26/h2-5,12-14,19H,6-9,11H2,1H3,(H,27,33)(H,28,30,31). The van der Waals surface area contributed by atoms with Gasteiger partial charge < -0.3 is 10.6 Å². The lowest BCUT2D eigenvalue weighted by Gasteiger charge is -2.28. The average molecular weight is 451 g/mol. The van der Waals surface area contributed by atoms with Crippen LogP contribution >= 0.6 is 0 Å². The third kappa shape index (κ3) is 5.31. The van der Waals surface area contributed by atoms with Crippen molar-refractivity contribution in [2.24, 2.45) is 0 Å². The van der Waals surface area contributed by atoms with Crippen LogP contribution in [-0.4, -0.2) is 38.1 Å². The van der Waals surface area contributed by atoms with Gasteiger partial charge in [0, 0.05) is 36.4 Å². The molecule has 1 amide bonds. The van der Waals surface area contributed by atoms with Crippen molar-refractivity contribution in [2.45, 2.75) is 44.6 Å². The molecule has 1 aliphatic carbocycles. The van der Waals surface area contributed by atoms with E-state index in [1.54, 1.807) is 47.5 Å². The van der Waals surface area contributed by atoms with Gasteiger partial charge in [-0.25, -0.2) is 18.7 Å². The Morgan fingerprint density at radius 2 is 1.97 bits per heavy atom. The molecule has 1 aromatic carbocycles. The van der Waals surface area contributed by atoms with Crippen LogP contribution in [-0.2, 0) is 0 Å². The molecule has 0 bridgehead atoms. The molecule has 4 rings (SSSR count). The highest BCUT2D eigenvalue weighted by molar-refractivity contribution is 5.94. The lowest BCUT2D eigenvalue weighted by molar-refractivity contribution is -0.0449. The Balaban J connectivity index is 1.47. The van der Waals surface area contributed by atoms with Crippen molar-refractivity contribution >= 4 is 17.5 Å². The first-order valence-corrected chi connectivity index (χ1v) is 10.6. The van der Waals surface area contributed by atoms with Gasteiger partial charge in [0.25, 0.3) is 5.91 Å². The summed E-state index contributed by atoms with van der Waals surface area (Å²) in [6.45, 7) is 1.84. The first-order valence-electron chi connectivity index (χ1n) is 10.6. The molecule has 8 nitrogen and oxygen atoms in total. The van der Waals surface area contributed by atoms with Crippen molar-refractivity contribution in [1.82, 2.24) is 25.1 Å². The highest BCUT2D eigenvalue weighted by atomic mass is 19.3. The Morgan fingerprint density at radius 1 is 1.24 bits per heavy atom. The molecule has 0 spiro atoms. The van der Waals surface area contributed by atoms with E-state index < -0.39 is 5.92 Å². The summed E-state index contributed by atoms with van der Waals surface area (Å²) < 4.78 is 28.6. The molecule has 1 fully saturated rings. The van der Waals surface area contributed by atoms with Gasteiger partial charge >= 0.3 is 0 Å². The fourth-order valence-corrected chi connectivity index (χ4v) is 3.82. The SMILES string of the molecule is Cc1cnc(Nc2cnn(C3CCC(F)(F)CC3)c2)nc1-c1ccc(C(=O)NCC#N)cc1. The van der Waals surface area contributed by atoms with Gasteiger partial charge in [-0.2, -0.15) is 10.4 Å². The van der Waals surface area contributed by atoms with Crippen molar-refractivity contribution in [2.75, 3.05) is 11.9 Å². The van der Waals surface area contributed by atoms with E-state index in [1.165, 1.54) is 0 Å². The summed E-state index contributed by atoms with van der Waals surface area (Å²) in [5.74, 6) is -2.51. The molecule has 2 N–H and O–H groups in total. The van der Waals surface area contributed by atoms with Crippen LogP contribution in [0.2, 0.25) is 0 Å². The number of amides is 1. The van der Waals surface area contributed by atoms with E-state index in [4.69, 9.17) is 5.26 Å². The van der Waals surface area contributed by atoms with Gasteiger partial charge in [-0.3, -0.25) is 9.48 Å². The highest BCUT2D eigenvalue weighted by Gasteiger charge is 2.35. The fourth-order valence-electron chi connectivity index (χ4n) is 3.82. The second-order valence-corrected chi connectivity index (χ2v) is 8.06. The number of nitriles is 1. The number of nitrogens with one attached hydrogen (secondary N) is 2. The molecule has 3 aromatic rings. The van der Waals surface area contributed by atoms with E-state index in [-0.39, 0.29) is 31.3 Å². The number of alkyl halides is 2. The maximum absolute atomic E-state index is 13.4. The van der Waals surface area contributed by atoms with Crippen LogP contribution in [0.15, 0.2) is 42.9 Å². The number of aryl methyl sites for hydroxylation is 1. The summed E-state index contributed by atoms with van der Waals surface area (Å²) in [7, 11) is 0. The van der Waals surface area contributed by atoms with Gasteiger partial charge in [0.2, 0.25) is 11.9 Å². The van der Waals surface area contributed by atoms with E-state index in [9.17, 15) is 13.6 Å². The van der Waals surface area contributed by atoms with Crippen LogP contribution in [0.1, 0.15) is 47.6 Å². The first-order chi connectivity index (χ1) is 15.8. The van der Waals surface area contributed by atoms with Crippen molar-refractivity contribution in [1.29, 1.82) is 5.26 Å². The molecule has 33 heavy (non-hydrogen) atoms. The van der Waals surface area contributed by atoms with Gasteiger partial charge in [-0.15, -0.1) is 0 Å². The van der Waals surface area contributed by atoms with Crippen LogP contribution in [0.5, 0.6) is 0 Å². The number of anilines is 2. The predicted octanol–water partition coefficient (Wildman–Crippen LogP) is 4.40. The number of hydrogen-bond acceptors (Lipinski definition) is 6. The maximum Gasteiger partial charge on any atom is 0.252 e. The normalized spacial score (nSPS) is 15.6. The molecule has 0 atom stereocenters. The van der Waals surface area contributed by atoms with E-state index >= 15 is 0 Å². The minimum atomic E-state index is -2.57. The number of rotatable bonds is 6. The zero-order chi connectivity index (χ0) is 23.4. The molecule has 2 heterocycles. The van der Waals surface area contributed by atoms with Crippen molar-refractivity contribution in [3.63, 3.8) is 0 Å². The predicted molar refractivity (Wildman–Crippen MR) is 118 cm³/mol. The minimum Gasteiger partial charge on any atom is -0.339 e. The third-order valence-electron chi connectivity index (χ3n) is 5.64. The van der Waals surface area contributed by atoms with Gasteiger partial charge in [0.15, 0.2) is 0 Å². The monoisotopic (exact) mass is 451 g/mol. The number of nitrogens with zero attached hydrogens (tertiary/aromatic N) is 5. The Bertz CT molecular complexity index is 1170. The molecule has 0 unspecified atom stereocenters. The maximum atomic E-state index is 13.4. The molecule has 170 valence electrons. The summed E-state index contributed by atoms with van der Waals surface area (Å²) in [4.78, 5) is 20.9. The lowest BCUT2D eigenvalue weighted by Crippen LogP contribution is -2.26. The lowest BCUT2D eigenvalue weighted by atomic mass is 9.92. The summed E-state index contributed by atoms with van der Waals surface area (Å²) in [5, 5.41) is 18.5. The van der Waals surface area contributed by atoms with Crippen LogP contribution in [0, 0.1) is 18.3 Å². The number of benzene rings is 1.